The third-order valence-corrected chi connectivity index (χ3v) is 6.58. The van der Waals surface area contributed by atoms with Crippen LogP contribution in [0.5, 0.6) is 0 Å². The Morgan fingerprint density at radius 3 is 2.61 bits per heavy atom. The topological polar surface area (TPSA) is 51.5 Å². The van der Waals surface area contributed by atoms with Gasteiger partial charge in [-0.05, 0) is 56.0 Å². The van der Waals surface area contributed by atoms with Crippen molar-refractivity contribution in [2.75, 3.05) is 19.7 Å². The van der Waals surface area contributed by atoms with E-state index in [1.54, 1.807) is 24.0 Å². The van der Waals surface area contributed by atoms with E-state index < -0.39 is 0 Å². The highest BCUT2D eigenvalue weighted by Gasteiger charge is 2.31. The van der Waals surface area contributed by atoms with Crippen LogP contribution in [0.2, 0.25) is 0 Å². The molecule has 6 heteroatoms. The van der Waals surface area contributed by atoms with Gasteiger partial charge in [0.2, 0.25) is 5.91 Å². The zero-order valence-corrected chi connectivity index (χ0v) is 19.3. The van der Waals surface area contributed by atoms with Gasteiger partial charge in [0, 0.05) is 49.1 Å². The summed E-state index contributed by atoms with van der Waals surface area (Å²) in [5.41, 5.74) is 3.09. The van der Waals surface area contributed by atoms with Gasteiger partial charge in [-0.25, -0.2) is 4.39 Å². The average Bonchev–Trinajstić information content (AvgIpc) is 3.22. The van der Waals surface area contributed by atoms with Crippen LogP contribution in [0, 0.1) is 11.7 Å². The molecule has 3 aromatic rings. The molecular weight excluding hydrogens is 419 g/mol. The fraction of sp³-hybridized carbons (Fsp3) is 0.407. The number of hydrogen-bond acceptors (Lipinski definition) is 3. The van der Waals surface area contributed by atoms with Gasteiger partial charge in [0.25, 0.3) is 0 Å². The second-order valence-corrected chi connectivity index (χ2v) is 8.63. The first-order valence-electron chi connectivity index (χ1n) is 11.8. The molecule has 1 amide bonds. The summed E-state index contributed by atoms with van der Waals surface area (Å²) in [4.78, 5) is 27.5. The lowest BCUT2D eigenvalue weighted by molar-refractivity contribution is -0.151. The van der Waals surface area contributed by atoms with Gasteiger partial charge >= 0.3 is 5.97 Å². The lowest BCUT2D eigenvalue weighted by Crippen LogP contribution is -2.43. The van der Waals surface area contributed by atoms with Crippen LogP contribution in [-0.4, -0.2) is 41.0 Å². The molecule has 2 unspecified atom stereocenters. The van der Waals surface area contributed by atoms with E-state index in [0.29, 0.717) is 19.7 Å². The molecule has 0 radical (unpaired) electrons. The average molecular weight is 451 g/mol. The quantitative estimate of drug-likeness (QED) is 0.469. The van der Waals surface area contributed by atoms with Gasteiger partial charge in [-0.2, -0.15) is 0 Å². The molecule has 0 saturated carbocycles. The number of esters is 1. The number of nitrogens with zero attached hydrogens (tertiary/aromatic N) is 2. The summed E-state index contributed by atoms with van der Waals surface area (Å²) in [6.07, 6.45) is 3.90. The lowest BCUT2D eigenvalue weighted by Gasteiger charge is -2.32. The molecule has 0 bridgehead atoms. The van der Waals surface area contributed by atoms with Crippen LogP contribution in [0.1, 0.15) is 50.2 Å². The number of piperidine rings is 1. The van der Waals surface area contributed by atoms with Gasteiger partial charge in [-0.15, -0.1) is 0 Å². The predicted octanol–water partition coefficient (Wildman–Crippen LogP) is 5.12. The van der Waals surface area contributed by atoms with Crippen LogP contribution in [0.15, 0.2) is 54.7 Å². The Hall–Kier alpha value is -3.15. The molecule has 1 aliphatic heterocycles. The predicted molar refractivity (Wildman–Crippen MR) is 126 cm³/mol. The number of hydrogen-bond donors (Lipinski definition) is 0. The molecule has 4 rings (SSSR count). The molecule has 33 heavy (non-hydrogen) atoms. The van der Waals surface area contributed by atoms with Crippen LogP contribution in [0.25, 0.3) is 10.9 Å². The van der Waals surface area contributed by atoms with Crippen LogP contribution in [-0.2, 0) is 20.9 Å². The number of amides is 1. The van der Waals surface area contributed by atoms with Gasteiger partial charge in [-0.1, -0.05) is 30.3 Å². The maximum Gasteiger partial charge on any atom is 0.310 e. The Labute approximate surface area is 194 Å². The van der Waals surface area contributed by atoms with Crippen LogP contribution in [0.3, 0.4) is 0 Å². The summed E-state index contributed by atoms with van der Waals surface area (Å²) < 4.78 is 21.0. The molecule has 1 fully saturated rings. The highest BCUT2D eigenvalue weighted by Crippen LogP contribution is 2.36. The van der Waals surface area contributed by atoms with Crippen LogP contribution in [0.4, 0.5) is 4.39 Å². The molecule has 5 nitrogen and oxygen atoms in total. The zero-order valence-electron chi connectivity index (χ0n) is 19.3. The molecule has 2 atom stereocenters. The van der Waals surface area contributed by atoms with Crippen LogP contribution >= 0.6 is 0 Å². The molecule has 2 aromatic carbocycles. The van der Waals surface area contributed by atoms with E-state index in [1.165, 1.54) is 12.1 Å². The maximum absolute atomic E-state index is 13.7. The van der Waals surface area contributed by atoms with E-state index in [0.717, 1.165) is 41.4 Å². The largest absolute Gasteiger partial charge is 0.466 e. The van der Waals surface area contributed by atoms with Crippen molar-refractivity contribution in [2.45, 2.75) is 45.6 Å². The molecular formula is C27H31FN2O3. The van der Waals surface area contributed by atoms with Crippen molar-refractivity contribution in [1.82, 2.24) is 9.47 Å². The van der Waals surface area contributed by atoms with Crippen molar-refractivity contribution in [3.8, 4) is 0 Å². The van der Waals surface area contributed by atoms with Crippen molar-refractivity contribution in [3.63, 3.8) is 0 Å². The van der Waals surface area contributed by atoms with Gasteiger partial charge < -0.3 is 14.2 Å². The smallest absolute Gasteiger partial charge is 0.310 e. The van der Waals surface area contributed by atoms with Gasteiger partial charge in [0.1, 0.15) is 5.82 Å². The van der Waals surface area contributed by atoms with Crippen molar-refractivity contribution in [3.05, 3.63) is 71.7 Å². The maximum atomic E-state index is 13.7. The fourth-order valence-electron chi connectivity index (χ4n) is 4.88. The molecule has 0 spiro atoms. The highest BCUT2D eigenvalue weighted by atomic mass is 19.1. The first-order chi connectivity index (χ1) is 16.0. The Morgan fingerprint density at radius 2 is 1.88 bits per heavy atom. The summed E-state index contributed by atoms with van der Waals surface area (Å²) in [6.45, 7) is 6.09. The number of likely N-dealkylation sites (tertiary alicyclic amines) is 1. The molecule has 1 aliphatic rings. The number of ether oxygens (including phenoxy) is 1. The van der Waals surface area contributed by atoms with E-state index in [9.17, 15) is 14.0 Å². The van der Waals surface area contributed by atoms with E-state index in [1.807, 2.05) is 12.1 Å². The summed E-state index contributed by atoms with van der Waals surface area (Å²) in [7, 11) is 0. The van der Waals surface area contributed by atoms with Crippen molar-refractivity contribution in [1.29, 1.82) is 0 Å². The Morgan fingerprint density at radius 1 is 1.12 bits per heavy atom. The molecule has 0 N–H and O–H groups in total. The third-order valence-electron chi connectivity index (χ3n) is 6.58. The molecule has 0 aliphatic carbocycles. The number of carbonyl (C=O) groups excluding carboxylic acids is 2. The standard InChI is InChI=1S/C27H31FN2O3/c1-3-29-18-24(22-9-5-6-10-25(22)29)23(19-11-13-21(28)14-12-19)16-26(31)30-15-7-8-20(17-30)27(32)33-4-2/h5-6,9-14,18,20,23H,3-4,7-8,15-17H2,1-2H3. The minimum Gasteiger partial charge on any atom is -0.466 e. The number of aryl methyl sites for hydroxylation is 1. The summed E-state index contributed by atoms with van der Waals surface area (Å²) in [6, 6.07) is 14.6. The van der Waals surface area contributed by atoms with Crippen molar-refractivity contribution < 1.29 is 18.7 Å². The first-order valence-corrected chi connectivity index (χ1v) is 11.8. The number of rotatable bonds is 7. The summed E-state index contributed by atoms with van der Waals surface area (Å²) in [5.74, 6) is -0.997. The lowest BCUT2D eigenvalue weighted by atomic mass is 9.87. The van der Waals surface area contributed by atoms with E-state index in [-0.39, 0.29) is 36.0 Å². The van der Waals surface area contributed by atoms with E-state index >= 15 is 0 Å². The van der Waals surface area contributed by atoms with E-state index in [2.05, 4.69) is 29.8 Å². The minimum absolute atomic E-state index is 0.00616. The Bertz CT molecular complexity index is 1120. The normalized spacial score (nSPS) is 17.2. The van der Waals surface area contributed by atoms with Crippen molar-refractivity contribution >= 4 is 22.8 Å². The fourth-order valence-corrected chi connectivity index (χ4v) is 4.88. The number of carbonyl (C=O) groups is 2. The van der Waals surface area contributed by atoms with Gasteiger partial charge in [0.05, 0.1) is 12.5 Å². The number of halogens is 1. The number of aromatic nitrogens is 1. The minimum atomic E-state index is -0.298. The first kappa shape index (κ1) is 23.0. The number of benzene rings is 2. The zero-order chi connectivity index (χ0) is 23.4. The molecule has 1 saturated heterocycles. The Balaban J connectivity index is 1.65. The summed E-state index contributed by atoms with van der Waals surface area (Å²) in [5, 5.41) is 1.10. The number of fused-ring (bicyclic) bond motifs is 1. The van der Waals surface area contributed by atoms with Crippen molar-refractivity contribution in [2.24, 2.45) is 5.92 Å². The monoisotopic (exact) mass is 450 g/mol. The SMILES string of the molecule is CCOC(=O)C1CCCN(C(=O)CC(c2ccc(F)cc2)c2cn(CC)c3ccccc23)C1. The second-order valence-electron chi connectivity index (χ2n) is 8.63. The van der Waals surface area contributed by atoms with Gasteiger partial charge in [0.15, 0.2) is 0 Å². The van der Waals surface area contributed by atoms with E-state index in [4.69, 9.17) is 4.74 Å². The second kappa shape index (κ2) is 10.2. The highest BCUT2D eigenvalue weighted by molar-refractivity contribution is 5.87. The summed E-state index contributed by atoms with van der Waals surface area (Å²) >= 11 is 0. The Kier molecular flexibility index (Phi) is 7.11. The molecule has 2 heterocycles. The molecule has 174 valence electrons. The molecule has 1 aromatic heterocycles. The third kappa shape index (κ3) is 4.95. The van der Waals surface area contributed by atoms with Crippen LogP contribution < -0.4 is 0 Å². The number of para-hydroxylation sites is 1. The van der Waals surface area contributed by atoms with Gasteiger partial charge in [-0.3, -0.25) is 9.59 Å².